The second-order valence-corrected chi connectivity index (χ2v) is 5.83. The second-order valence-electron chi connectivity index (χ2n) is 5.18. The van der Waals surface area contributed by atoms with E-state index in [9.17, 15) is 4.39 Å². The first-order chi connectivity index (χ1) is 9.08. The molecule has 19 heavy (non-hydrogen) atoms. The lowest BCUT2D eigenvalue weighted by atomic mass is 10.0. The Morgan fingerprint density at radius 3 is 2.63 bits per heavy atom. The zero-order valence-corrected chi connectivity index (χ0v) is 12.9. The molecule has 0 bridgehead atoms. The summed E-state index contributed by atoms with van der Waals surface area (Å²) < 4.78 is 25.1. The van der Waals surface area contributed by atoms with E-state index >= 15 is 0 Å². The molecule has 2 rings (SSSR count). The highest BCUT2D eigenvalue weighted by Crippen LogP contribution is 2.28. The number of hydrogen-bond donors (Lipinski definition) is 0. The van der Waals surface area contributed by atoms with Crippen LogP contribution in [0.3, 0.4) is 0 Å². The monoisotopic (exact) mass is 330 g/mol. The maximum absolute atomic E-state index is 13.3. The molecule has 0 aromatic heterocycles. The van der Waals surface area contributed by atoms with E-state index in [0.717, 1.165) is 18.4 Å². The van der Waals surface area contributed by atoms with Gasteiger partial charge in [0.15, 0.2) is 0 Å². The molecule has 1 heterocycles. The minimum atomic E-state index is -0.222. The first-order valence-corrected chi connectivity index (χ1v) is 7.83. The average Bonchev–Trinajstić information content (AvgIpc) is 2.34. The minimum Gasteiger partial charge on any atom is -0.375 e. The van der Waals surface area contributed by atoms with Gasteiger partial charge in [-0.3, -0.25) is 0 Å². The maximum atomic E-state index is 13.3. The van der Waals surface area contributed by atoms with Crippen molar-refractivity contribution in [1.82, 2.24) is 0 Å². The van der Waals surface area contributed by atoms with Gasteiger partial charge in [0.2, 0.25) is 0 Å². The lowest BCUT2D eigenvalue weighted by Gasteiger charge is -2.34. The Morgan fingerprint density at radius 2 is 2.05 bits per heavy atom. The van der Waals surface area contributed by atoms with E-state index in [0.29, 0.717) is 5.33 Å². The van der Waals surface area contributed by atoms with E-state index in [1.807, 2.05) is 6.07 Å². The van der Waals surface area contributed by atoms with Gasteiger partial charge < -0.3 is 9.47 Å². The Kier molecular flexibility index (Phi) is 5.37. The molecule has 1 saturated heterocycles. The molecule has 0 aliphatic carbocycles. The van der Waals surface area contributed by atoms with Gasteiger partial charge in [0.05, 0.1) is 24.4 Å². The molecule has 0 spiro atoms. The van der Waals surface area contributed by atoms with Crippen LogP contribution in [0.4, 0.5) is 4.39 Å². The summed E-state index contributed by atoms with van der Waals surface area (Å²) in [4.78, 5) is 0. The van der Waals surface area contributed by atoms with Gasteiger partial charge in [-0.25, -0.2) is 4.39 Å². The van der Waals surface area contributed by atoms with Crippen LogP contribution in [0.1, 0.15) is 38.4 Å². The van der Waals surface area contributed by atoms with Crippen LogP contribution >= 0.6 is 15.9 Å². The summed E-state index contributed by atoms with van der Waals surface area (Å²) in [6.07, 6.45) is 2.28. The van der Waals surface area contributed by atoms with Gasteiger partial charge in [-0.15, -0.1) is 0 Å². The van der Waals surface area contributed by atoms with Crippen molar-refractivity contribution in [2.45, 2.75) is 51.1 Å². The zero-order valence-electron chi connectivity index (χ0n) is 11.3. The molecule has 106 valence electrons. The minimum absolute atomic E-state index is 0.113. The predicted molar refractivity (Wildman–Crippen MR) is 77.1 cm³/mol. The second kappa shape index (κ2) is 6.82. The van der Waals surface area contributed by atoms with Crippen LogP contribution in [0.25, 0.3) is 0 Å². The van der Waals surface area contributed by atoms with Crippen molar-refractivity contribution in [3.05, 3.63) is 35.6 Å². The van der Waals surface area contributed by atoms with Gasteiger partial charge in [0.25, 0.3) is 0 Å². The van der Waals surface area contributed by atoms with Crippen molar-refractivity contribution >= 4 is 15.9 Å². The average molecular weight is 331 g/mol. The molecule has 0 amide bonds. The van der Waals surface area contributed by atoms with Gasteiger partial charge in [0.1, 0.15) is 5.82 Å². The molecule has 3 unspecified atom stereocenters. The zero-order chi connectivity index (χ0) is 13.8. The lowest BCUT2D eigenvalue weighted by Crippen LogP contribution is -2.35. The molecule has 2 nitrogen and oxygen atoms in total. The molecule has 0 radical (unpaired) electrons. The van der Waals surface area contributed by atoms with Crippen molar-refractivity contribution in [1.29, 1.82) is 0 Å². The molecule has 1 fully saturated rings. The van der Waals surface area contributed by atoms with Crippen molar-refractivity contribution < 1.29 is 13.9 Å². The fourth-order valence-corrected chi connectivity index (χ4v) is 3.13. The number of rotatable bonds is 4. The van der Waals surface area contributed by atoms with Crippen LogP contribution in [-0.2, 0) is 9.47 Å². The molecule has 0 saturated carbocycles. The summed E-state index contributed by atoms with van der Waals surface area (Å²) in [6, 6.07) is 6.62. The predicted octanol–water partition coefficient (Wildman–Crippen LogP) is 4.23. The molecular formula is C15H20BrFO2. The Balaban J connectivity index is 2.02. The fourth-order valence-electron chi connectivity index (χ4n) is 2.60. The molecule has 1 aromatic rings. The number of alkyl halides is 1. The SMILES string of the molecule is CC1CC(OC(CBr)c2cccc(F)c2)CC(C)O1. The highest BCUT2D eigenvalue weighted by Gasteiger charge is 2.27. The summed E-state index contributed by atoms with van der Waals surface area (Å²) >= 11 is 3.46. The summed E-state index contributed by atoms with van der Waals surface area (Å²) in [5.74, 6) is -0.222. The summed E-state index contributed by atoms with van der Waals surface area (Å²) in [6.45, 7) is 4.13. The molecule has 1 aromatic carbocycles. The van der Waals surface area contributed by atoms with Crippen LogP contribution in [0.5, 0.6) is 0 Å². The first kappa shape index (κ1) is 14.9. The van der Waals surface area contributed by atoms with Crippen molar-refractivity contribution in [2.75, 3.05) is 5.33 Å². The molecular weight excluding hydrogens is 311 g/mol. The third kappa shape index (κ3) is 4.26. The van der Waals surface area contributed by atoms with E-state index in [4.69, 9.17) is 9.47 Å². The quantitative estimate of drug-likeness (QED) is 0.769. The Bertz CT molecular complexity index is 403. The van der Waals surface area contributed by atoms with E-state index in [2.05, 4.69) is 29.8 Å². The Morgan fingerprint density at radius 1 is 1.37 bits per heavy atom. The molecule has 0 N–H and O–H groups in total. The number of halogens is 2. The smallest absolute Gasteiger partial charge is 0.123 e. The standard InChI is InChI=1S/C15H20BrFO2/c1-10-6-14(7-11(2)18-10)19-15(9-16)12-4-3-5-13(17)8-12/h3-5,8,10-11,14-15H,6-7,9H2,1-2H3. The van der Waals surface area contributed by atoms with Crippen LogP contribution in [0.2, 0.25) is 0 Å². The highest BCUT2D eigenvalue weighted by molar-refractivity contribution is 9.09. The van der Waals surface area contributed by atoms with Gasteiger partial charge in [-0.05, 0) is 44.4 Å². The molecule has 4 heteroatoms. The third-order valence-corrected chi connectivity index (χ3v) is 3.96. The van der Waals surface area contributed by atoms with Crippen LogP contribution in [-0.4, -0.2) is 23.6 Å². The summed E-state index contributed by atoms with van der Waals surface area (Å²) in [5, 5.41) is 0.663. The largest absolute Gasteiger partial charge is 0.375 e. The van der Waals surface area contributed by atoms with Crippen LogP contribution in [0, 0.1) is 5.82 Å². The topological polar surface area (TPSA) is 18.5 Å². The fraction of sp³-hybridized carbons (Fsp3) is 0.600. The first-order valence-electron chi connectivity index (χ1n) is 6.71. The Labute approximate surface area is 122 Å². The third-order valence-electron chi connectivity index (χ3n) is 3.37. The van der Waals surface area contributed by atoms with Crippen LogP contribution in [0.15, 0.2) is 24.3 Å². The summed E-state index contributed by atoms with van der Waals surface area (Å²) in [7, 11) is 0. The maximum Gasteiger partial charge on any atom is 0.123 e. The van der Waals surface area contributed by atoms with Crippen molar-refractivity contribution in [2.24, 2.45) is 0 Å². The van der Waals surface area contributed by atoms with Gasteiger partial charge >= 0.3 is 0 Å². The van der Waals surface area contributed by atoms with E-state index < -0.39 is 0 Å². The van der Waals surface area contributed by atoms with E-state index in [1.54, 1.807) is 6.07 Å². The van der Waals surface area contributed by atoms with E-state index in [1.165, 1.54) is 12.1 Å². The van der Waals surface area contributed by atoms with Gasteiger partial charge in [-0.2, -0.15) is 0 Å². The lowest BCUT2D eigenvalue weighted by molar-refractivity contribution is -0.118. The van der Waals surface area contributed by atoms with E-state index in [-0.39, 0.29) is 30.2 Å². The number of hydrogen-bond acceptors (Lipinski definition) is 2. The normalized spacial score (nSPS) is 29.2. The molecule has 1 aliphatic heterocycles. The summed E-state index contributed by atoms with van der Waals surface area (Å²) in [5.41, 5.74) is 0.878. The Hall–Kier alpha value is -0.450. The highest BCUT2D eigenvalue weighted by atomic mass is 79.9. The molecule has 3 atom stereocenters. The van der Waals surface area contributed by atoms with Crippen molar-refractivity contribution in [3.8, 4) is 0 Å². The number of ether oxygens (including phenoxy) is 2. The number of benzene rings is 1. The van der Waals surface area contributed by atoms with Gasteiger partial charge in [-0.1, -0.05) is 28.1 Å². The van der Waals surface area contributed by atoms with Crippen LogP contribution < -0.4 is 0 Å². The van der Waals surface area contributed by atoms with Gasteiger partial charge in [0, 0.05) is 5.33 Å². The van der Waals surface area contributed by atoms with Crippen molar-refractivity contribution in [3.63, 3.8) is 0 Å². The molecule has 1 aliphatic rings.